The van der Waals surface area contributed by atoms with E-state index in [0.29, 0.717) is 31.8 Å². The van der Waals surface area contributed by atoms with Gasteiger partial charge in [-0.1, -0.05) is 11.6 Å². The zero-order valence-corrected chi connectivity index (χ0v) is 13.2. The van der Waals surface area contributed by atoms with Gasteiger partial charge in [0.1, 0.15) is 0 Å². The first-order chi connectivity index (χ1) is 9.99. The molecule has 2 aromatic heterocycles. The fourth-order valence-corrected chi connectivity index (χ4v) is 3.21. The molecule has 3 rings (SSSR count). The van der Waals surface area contributed by atoms with Crippen LogP contribution in [0.2, 0.25) is 5.02 Å². The molecule has 0 saturated heterocycles. The standard InChI is InChI=1S/C14H9BrClN3O2/c1-7-10(3-2-4-17-7)19-11-6-8(16)5-9(15)12(11)13(20)18-14(19)21/h2-6H,1H3,(H,18,20,21). The van der Waals surface area contributed by atoms with E-state index in [1.807, 2.05) is 0 Å². The number of pyridine rings is 1. The quantitative estimate of drug-likeness (QED) is 0.720. The summed E-state index contributed by atoms with van der Waals surface area (Å²) < 4.78 is 1.93. The summed E-state index contributed by atoms with van der Waals surface area (Å²) in [6, 6.07) is 6.69. The predicted molar refractivity (Wildman–Crippen MR) is 85.4 cm³/mol. The lowest BCUT2D eigenvalue weighted by atomic mass is 10.2. The molecule has 1 N–H and O–H groups in total. The van der Waals surface area contributed by atoms with E-state index in [0.717, 1.165) is 0 Å². The Morgan fingerprint density at radius 3 is 2.81 bits per heavy atom. The van der Waals surface area contributed by atoms with Gasteiger partial charge in [0.2, 0.25) is 0 Å². The van der Waals surface area contributed by atoms with Gasteiger partial charge in [-0.2, -0.15) is 0 Å². The van der Waals surface area contributed by atoms with E-state index in [1.165, 1.54) is 4.57 Å². The van der Waals surface area contributed by atoms with Gasteiger partial charge in [-0.05, 0) is 47.1 Å². The number of nitrogens with one attached hydrogen (secondary N) is 1. The van der Waals surface area contributed by atoms with Crippen LogP contribution in [-0.2, 0) is 0 Å². The highest BCUT2D eigenvalue weighted by Crippen LogP contribution is 2.26. The van der Waals surface area contributed by atoms with Gasteiger partial charge >= 0.3 is 5.69 Å². The SMILES string of the molecule is Cc1ncccc1-n1c(=O)[nH]c(=O)c2c(Br)cc(Cl)cc21. The number of halogens is 2. The van der Waals surface area contributed by atoms with E-state index in [2.05, 4.69) is 25.9 Å². The zero-order valence-electron chi connectivity index (χ0n) is 10.9. The molecule has 0 radical (unpaired) electrons. The Morgan fingerprint density at radius 1 is 1.33 bits per heavy atom. The smallest absolute Gasteiger partial charge is 0.273 e. The molecule has 0 amide bonds. The number of rotatable bonds is 1. The Kier molecular flexibility index (Phi) is 3.43. The van der Waals surface area contributed by atoms with Gasteiger partial charge in [0, 0.05) is 15.7 Å². The summed E-state index contributed by atoms with van der Waals surface area (Å²) in [5.74, 6) is 0. The molecule has 0 saturated carbocycles. The van der Waals surface area contributed by atoms with Crippen LogP contribution in [0.15, 0.2) is 44.5 Å². The molecule has 21 heavy (non-hydrogen) atoms. The lowest BCUT2D eigenvalue weighted by Crippen LogP contribution is -2.30. The van der Waals surface area contributed by atoms with E-state index in [4.69, 9.17) is 11.6 Å². The second-order valence-electron chi connectivity index (χ2n) is 4.48. The summed E-state index contributed by atoms with van der Waals surface area (Å²) in [7, 11) is 0. The molecule has 0 aliphatic rings. The molecule has 0 aliphatic heterocycles. The van der Waals surface area contributed by atoms with Crippen molar-refractivity contribution in [1.29, 1.82) is 0 Å². The molecule has 5 nitrogen and oxygen atoms in total. The van der Waals surface area contributed by atoms with Gasteiger partial charge in [-0.3, -0.25) is 19.3 Å². The molecule has 2 heterocycles. The van der Waals surface area contributed by atoms with Crippen LogP contribution in [0.4, 0.5) is 0 Å². The third kappa shape index (κ3) is 2.30. The first-order valence-corrected chi connectivity index (χ1v) is 7.22. The fourth-order valence-electron chi connectivity index (χ4n) is 2.24. The minimum atomic E-state index is -0.530. The highest BCUT2D eigenvalue weighted by atomic mass is 79.9. The molecule has 106 valence electrons. The number of H-pyrrole nitrogens is 1. The van der Waals surface area contributed by atoms with E-state index in [-0.39, 0.29) is 0 Å². The van der Waals surface area contributed by atoms with Crippen LogP contribution in [0.5, 0.6) is 0 Å². The van der Waals surface area contributed by atoms with Crippen LogP contribution >= 0.6 is 27.5 Å². The highest BCUT2D eigenvalue weighted by Gasteiger charge is 2.14. The third-order valence-corrected chi connectivity index (χ3v) is 3.99. The number of benzene rings is 1. The number of aryl methyl sites for hydroxylation is 1. The number of aromatic nitrogens is 3. The summed E-state index contributed by atoms with van der Waals surface area (Å²) in [6.07, 6.45) is 1.64. The summed E-state index contributed by atoms with van der Waals surface area (Å²) in [4.78, 5) is 30.8. The number of nitrogens with zero attached hydrogens (tertiary/aromatic N) is 2. The molecule has 0 atom stereocenters. The number of aromatic amines is 1. The van der Waals surface area contributed by atoms with Gasteiger partial charge in [-0.15, -0.1) is 0 Å². The maximum absolute atomic E-state index is 12.3. The van der Waals surface area contributed by atoms with E-state index in [1.54, 1.807) is 37.4 Å². The first kappa shape index (κ1) is 14.0. The predicted octanol–water partition coefficient (Wildman–Crippen LogP) is 2.80. The van der Waals surface area contributed by atoms with Crippen LogP contribution in [0, 0.1) is 6.92 Å². The molecule has 3 aromatic rings. The Hall–Kier alpha value is -1.92. The monoisotopic (exact) mass is 365 g/mol. The van der Waals surface area contributed by atoms with Crippen LogP contribution in [0.25, 0.3) is 16.6 Å². The van der Waals surface area contributed by atoms with Crippen molar-refractivity contribution in [3.8, 4) is 5.69 Å². The average molecular weight is 367 g/mol. The van der Waals surface area contributed by atoms with Crippen molar-refractivity contribution in [2.45, 2.75) is 6.92 Å². The molecule has 7 heteroatoms. The molecule has 0 spiro atoms. The lowest BCUT2D eigenvalue weighted by Gasteiger charge is -2.12. The van der Waals surface area contributed by atoms with Gasteiger partial charge < -0.3 is 0 Å². The van der Waals surface area contributed by atoms with Crippen molar-refractivity contribution in [1.82, 2.24) is 14.5 Å². The zero-order chi connectivity index (χ0) is 15.1. The van der Waals surface area contributed by atoms with Gasteiger partial charge in [0.15, 0.2) is 0 Å². The van der Waals surface area contributed by atoms with Gasteiger partial charge in [0.05, 0.1) is 22.3 Å². The summed E-state index contributed by atoms with van der Waals surface area (Å²) in [6.45, 7) is 1.79. The number of hydrogen-bond donors (Lipinski definition) is 1. The average Bonchev–Trinajstić information content (AvgIpc) is 2.39. The number of fused-ring (bicyclic) bond motifs is 1. The Morgan fingerprint density at radius 2 is 2.10 bits per heavy atom. The first-order valence-electron chi connectivity index (χ1n) is 6.05. The third-order valence-electron chi connectivity index (χ3n) is 3.15. The fraction of sp³-hybridized carbons (Fsp3) is 0.0714. The number of hydrogen-bond acceptors (Lipinski definition) is 3. The highest BCUT2D eigenvalue weighted by molar-refractivity contribution is 9.10. The lowest BCUT2D eigenvalue weighted by molar-refractivity contribution is 0.922. The molecule has 0 aliphatic carbocycles. The Labute approximate surface area is 132 Å². The van der Waals surface area contributed by atoms with Crippen molar-refractivity contribution in [3.05, 3.63) is 66.5 Å². The normalized spacial score (nSPS) is 11.0. The van der Waals surface area contributed by atoms with Crippen LogP contribution in [-0.4, -0.2) is 14.5 Å². The van der Waals surface area contributed by atoms with Crippen LogP contribution in [0.3, 0.4) is 0 Å². The molecule has 0 fully saturated rings. The van der Waals surface area contributed by atoms with E-state index >= 15 is 0 Å². The second-order valence-corrected chi connectivity index (χ2v) is 5.78. The summed E-state index contributed by atoms with van der Waals surface area (Å²) in [5, 5.41) is 0.789. The van der Waals surface area contributed by atoms with Crippen molar-refractivity contribution < 1.29 is 0 Å². The van der Waals surface area contributed by atoms with E-state index in [9.17, 15) is 9.59 Å². The van der Waals surface area contributed by atoms with Crippen molar-refractivity contribution >= 4 is 38.4 Å². The van der Waals surface area contributed by atoms with Gasteiger partial charge in [-0.25, -0.2) is 4.79 Å². The van der Waals surface area contributed by atoms with Crippen molar-refractivity contribution in [3.63, 3.8) is 0 Å². The topological polar surface area (TPSA) is 67.8 Å². The minimum absolute atomic E-state index is 0.363. The van der Waals surface area contributed by atoms with E-state index < -0.39 is 11.2 Å². The van der Waals surface area contributed by atoms with Crippen LogP contribution in [0.1, 0.15) is 5.69 Å². The van der Waals surface area contributed by atoms with Gasteiger partial charge in [0.25, 0.3) is 5.56 Å². The maximum atomic E-state index is 12.3. The van der Waals surface area contributed by atoms with Crippen molar-refractivity contribution in [2.75, 3.05) is 0 Å². The molecule has 1 aromatic carbocycles. The molecular weight excluding hydrogens is 358 g/mol. The molecule has 0 bridgehead atoms. The minimum Gasteiger partial charge on any atom is -0.273 e. The summed E-state index contributed by atoms with van der Waals surface area (Å²) in [5.41, 5.74) is 0.704. The van der Waals surface area contributed by atoms with Crippen LogP contribution < -0.4 is 11.2 Å². The second kappa shape index (κ2) is 5.13. The Balaban J connectivity index is 2.58. The maximum Gasteiger partial charge on any atom is 0.333 e. The molecule has 0 unspecified atom stereocenters. The van der Waals surface area contributed by atoms with Crippen molar-refractivity contribution in [2.24, 2.45) is 0 Å². The largest absolute Gasteiger partial charge is 0.333 e. The molecular formula is C14H9BrClN3O2. The Bertz CT molecular complexity index is 978. The summed E-state index contributed by atoms with van der Waals surface area (Å²) >= 11 is 9.37.